The quantitative estimate of drug-likeness (QED) is 0.397. The van der Waals surface area contributed by atoms with Gasteiger partial charge in [0.1, 0.15) is 0 Å². The first kappa shape index (κ1) is 4.01. The molecule has 30 valence electrons. The summed E-state index contributed by atoms with van der Waals surface area (Å²) in [5, 5.41) is 0. The lowest BCUT2D eigenvalue weighted by Crippen LogP contribution is -1.74. The first-order chi connectivity index (χ1) is 2.89. The predicted molar refractivity (Wildman–Crippen MR) is 30.2 cm³/mol. The molecule has 0 aromatic heterocycles. The molecule has 0 nitrogen and oxygen atoms in total. The first-order valence-electron chi connectivity index (χ1n) is 1.91. The molecular formula is C4H4BCl. The molecule has 1 heterocycles. The fraction of sp³-hybridized carbons (Fsp3) is 0. The molecule has 1 aliphatic rings. The van der Waals surface area contributed by atoms with Crippen LogP contribution < -0.4 is 0 Å². The van der Waals surface area contributed by atoms with E-state index in [-0.39, 0.29) is 0 Å². The Hall–Kier alpha value is -0.165. The minimum Gasteiger partial charge on any atom is -0.112 e. The zero-order valence-electron chi connectivity index (χ0n) is 3.32. The molecule has 0 atom stereocenters. The van der Waals surface area contributed by atoms with Crippen molar-refractivity contribution in [2.24, 2.45) is 0 Å². The van der Waals surface area contributed by atoms with Gasteiger partial charge in [-0.1, -0.05) is 23.8 Å². The molecule has 1 rings (SSSR count). The SMILES string of the molecule is ClC1=CC=CB1. The molecule has 0 aromatic carbocycles. The lowest BCUT2D eigenvalue weighted by Gasteiger charge is -1.72. The number of rotatable bonds is 0. The molecule has 0 spiro atoms. The Labute approximate surface area is 42.7 Å². The predicted octanol–water partition coefficient (Wildman–Crippen LogP) is 1.03. The third kappa shape index (κ3) is 0.660. The van der Waals surface area contributed by atoms with Crippen LogP contribution in [0.25, 0.3) is 0 Å². The highest BCUT2D eigenvalue weighted by Gasteiger charge is 1.92. The van der Waals surface area contributed by atoms with Crippen LogP contribution in [-0.2, 0) is 0 Å². The van der Waals surface area contributed by atoms with Crippen molar-refractivity contribution in [3.8, 4) is 0 Å². The van der Waals surface area contributed by atoms with E-state index in [9.17, 15) is 0 Å². The molecule has 0 aliphatic carbocycles. The van der Waals surface area contributed by atoms with Crippen LogP contribution in [0.2, 0.25) is 0 Å². The van der Waals surface area contributed by atoms with E-state index in [4.69, 9.17) is 11.6 Å². The molecule has 0 bridgehead atoms. The van der Waals surface area contributed by atoms with Crippen LogP contribution in [0.15, 0.2) is 23.1 Å². The highest BCUT2D eigenvalue weighted by atomic mass is 35.5. The van der Waals surface area contributed by atoms with Crippen molar-refractivity contribution >= 4 is 18.9 Å². The Morgan fingerprint density at radius 1 is 1.67 bits per heavy atom. The molecule has 6 heavy (non-hydrogen) atoms. The lowest BCUT2D eigenvalue weighted by molar-refractivity contribution is 2.11. The van der Waals surface area contributed by atoms with Crippen LogP contribution in [0.1, 0.15) is 0 Å². The molecule has 0 unspecified atom stereocenters. The van der Waals surface area contributed by atoms with E-state index in [0.29, 0.717) is 0 Å². The van der Waals surface area contributed by atoms with Gasteiger partial charge in [0, 0.05) is 0 Å². The standard InChI is InChI=1S/C4H4BCl/c6-4-2-1-3-5-4/h1-3,5H. The highest BCUT2D eigenvalue weighted by molar-refractivity contribution is 6.68. The van der Waals surface area contributed by atoms with Crippen molar-refractivity contribution < 1.29 is 0 Å². The van der Waals surface area contributed by atoms with Crippen LogP contribution in [0.4, 0.5) is 0 Å². The Kier molecular flexibility index (Phi) is 1.02. The van der Waals surface area contributed by atoms with Gasteiger partial charge in [0.15, 0.2) is 7.28 Å². The van der Waals surface area contributed by atoms with Crippen LogP contribution >= 0.6 is 11.6 Å². The van der Waals surface area contributed by atoms with Gasteiger partial charge in [-0.3, -0.25) is 0 Å². The Morgan fingerprint density at radius 3 is 2.67 bits per heavy atom. The molecule has 0 aromatic rings. The van der Waals surface area contributed by atoms with E-state index in [1.54, 1.807) is 0 Å². The van der Waals surface area contributed by atoms with Gasteiger partial charge in [0.25, 0.3) is 0 Å². The smallest absolute Gasteiger partial charge is 0.112 e. The minimum absolute atomic E-state index is 0.932. The summed E-state index contributed by atoms with van der Waals surface area (Å²) in [7, 11) is 0.932. The zero-order chi connectivity index (χ0) is 4.41. The van der Waals surface area contributed by atoms with Crippen molar-refractivity contribution in [3.63, 3.8) is 0 Å². The minimum atomic E-state index is 0.932. The van der Waals surface area contributed by atoms with Crippen LogP contribution in [-0.4, -0.2) is 7.28 Å². The van der Waals surface area contributed by atoms with Crippen LogP contribution in [0, 0.1) is 0 Å². The average molecular weight is 98.3 g/mol. The van der Waals surface area contributed by atoms with E-state index < -0.39 is 0 Å². The van der Waals surface area contributed by atoms with E-state index in [0.717, 1.165) is 12.2 Å². The van der Waals surface area contributed by atoms with Gasteiger partial charge in [-0.2, -0.15) is 0 Å². The summed E-state index contributed by atoms with van der Waals surface area (Å²) >= 11 is 5.51. The van der Waals surface area contributed by atoms with Crippen molar-refractivity contribution in [1.29, 1.82) is 0 Å². The first-order valence-corrected chi connectivity index (χ1v) is 2.28. The fourth-order valence-electron chi connectivity index (χ4n) is 0.421. The second-order valence-electron chi connectivity index (χ2n) is 1.25. The Balaban J connectivity index is 2.61. The number of hydrogen-bond donors (Lipinski definition) is 0. The van der Waals surface area contributed by atoms with Gasteiger partial charge in [-0.25, -0.2) is 0 Å². The second-order valence-corrected chi connectivity index (χ2v) is 1.73. The fourth-order valence-corrected chi connectivity index (χ4v) is 0.583. The summed E-state index contributed by atoms with van der Waals surface area (Å²) in [6.45, 7) is 0. The number of allylic oxidation sites excluding steroid dienone is 2. The number of hydrogen-bond acceptors (Lipinski definition) is 0. The Bertz CT molecular complexity index is 104. The maximum absolute atomic E-state index is 5.51. The highest BCUT2D eigenvalue weighted by Crippen LogP contribution is 2.03. The molecule has 0 fully saturated rings. The van der Waals surface area contributed by atoms with Crippen LogP contribution in [0.5, 0.6) is 0 Å². The van der Waals surface area contributed by atoms with Crippen molar-refractivity contribution in [2.45, 2.75) is 0 Å². The molecule has 0 saturated carbocycles. The van der Waals surface area contributed by atoms with Crippen molar-refractivity contribution in [3.05, 3.63) is 23.1 Å². The van der Waals surface area contributed by atoms with Crippen molar-refractivity contribution in [2.75, 3.05) is 0 Å². The van der Waals surface area contributed by atoms with Gasteiger partial charge >= 0.3 is 0 Å². The van der Waals surface area contributed by atoms with E-state index in [2.05, 4.69) is 0 Å². The number of halogens is 1. The molecule has 2 heteroatoms. The lowest BCUT2D eigenvalue weighted by atomic mass is 9.82. The average Bonchev–Trinajstić information content (AvgIpc) is 1.86. The normalized spacial score (nSPS) is 17.2. The summed E-state index contributed by atoms with van der Waals surface area (Å²) in [5.41, 5.74) is 0. The second kappa shape index (κ2) is 1.52. The maximum atomic E-state index is 5.51. The monoisotopic (exact) mass is 98.0 g/mol. The van der Waals surface area contributed by atoms with Gasteiger partial charge in [-0.05, 0) is 4.93 Å². The summed E-state index contributed by atoms with van der Waals surface area (Å²) in [6, 6.07) is 0. The van der Waals surface area contributed by atoms with Gasteiger partial charge in [0.2, 0.25) is 0 Å². The molecule has 0 saturated heterocycles. The zero-order valence-corrected chi connectivity index (χ0v) is 4.07. The Morgan fingerprint density at radius 2 is 2.50 bits per heavy atom. The topological polar surface area (TPSA) is 0 Å². The summed E-state index contributed by atoms with van der Waals surface area (Å²) < 4.78 is 0. The van der Waals surface area contributed by atoms with E-state index in [1.807, 2.05) is 18.1 Å². The van der Waals surface area contributed by atoms with Gasteiger partial charge in [-0.15, -0.1) is 5.98 Å². The van der Waals surface area contributed by atoms with E-state index in [1.165, 1.54) is 0 Å². The third-order valence-electron chi connectivity index (χ3n) is 0.726. The molecule has 0 N–H and O–H groups in total. The van der Waals surface area contributed by atoms with Gasteiger partial charge < -0.3 is 0 Å². The summed E-state index contributed by atoms with van der Waals surface area (Å²) in [4.78, 5) is 0.940. The maximum Gasteiger partial charge on any atom is 0.198 e. The molecular weight excluding hydrogens is 94.3 g/mol. The van der Waals surface area contributed by atoms with Gasteiger partial charge in [0.05, 0.1) is 0 Å². The summed E-state index contributed by atoms with van der Waals surface area (Å²) in [6.07, 6.45) is 3.86. The molecule has 0 radical (unpaired) electrons. The molecule has 0 amide bonds. The van der Waals surface area contributed by atoms with Crippen molar-refractivity contribution in [1.82, 2.24) is 0 Å². The summed E-state index contributed by atoms with van der Waals surface area (Å²) in [5.74, 6) is 2.03. The molecule has 1 aliphatic heterocycles. The third-order valence-corrected chi connectivity index (χ3v) is 1.01. The van der Waals surface area contributed by atoms with Crippen LogP contribution in [0.3, 0.4) is 0 Å². The van der Waals surface area contributed by atoms with E-state index >= 15 is 0 Å². The largest absolute Gasteiger partial charge is 0.198 e.